The van der Waals surface area contributed by atoms with Gasteiger partial charge in [-0.05, 0) is 26.8 Å². The van der Waals surface area contributed by atoms with Crippen molar-refractivity contribution in [1.29, 1.82) is 0 Å². The van der Waals surface area contributed by atoms with Crippen LogP contribution in [0.5, 0.6) is 17.2 Å². The van der Waals surface area contributed by atoms with Crippen molar-refractivity contribution in [2.45, 2.75) is 32.7 Å². The van der Waals surface area contributed by atoms with Gasteiger partial charge in [-0.1, -0.05) is 65.7 Å². The molecule has 5 nitrogen and oxygen atoms in total. The van der Waals surface area contributed by atoms with E-state index in [1.165, 1.54) is 11.1 Å². The lowest BCUT2D eigenvalue weighted by molar-refractivity contribution is -0.131. The topological polar surface area (TPSA) is 44.8 Å². The molecule has 0 saturated heterocycles. The summed E-state index contributed by atoms with van der Waals surface area (Å²) in [5.41, 5.74) is 7.45. The lowest BCUT2D eigenvalue weighted by Crippen LogP contribution is -2.53. The van der Waals surface area contributed by atoms with E-state index in [-0.39, 0.29) is 23.8 Å². The highest BCUT2D eigenvalue weighted by atomic mass is 16.7. The maximum absolute atomic E-state index is 15.3. The third-order valence-corrected chi connectivity index (χ3v) is 8.17. The van der Waals surface area contributed by atoms with Crippen molar-refractivity contribution in [3.63, 3.8) is 0 Å². The SMILES string of the molecule is Cc1ccc(C[N+]2(c3ccc(C)cc3C)C(=O)C3(COc4cc5c(cc43)OCO5)c3ccccc32)cc1. The zero-order chi connectivity index (χ0) is 25.4. The van der Waals surface area contributed by atoms with Crippen molar-refractivity contribution in [1.82, 2.24) is 4.48 Å². The van der Waals surface area contributed by atoms with Gasteiger partial charge in [0.25, 0.3) is 0 Å². The molecule has 184 valence electrons. The van der Waals surface area contributed by atoms with E-state index in [2.05, 4.69) is 75.4 Å². The number of carbonyl (C=O) groups is 1. The summed E-state index contributed by atoms with van der Waals surface area (Å²) in [6.45, 7) is 7.22. The van der Waals surface area contributed by atoms with Crippen LogP contribution in [-0.2, 0) is 16.8 Å². The molecule has 3 aliphatic heterocycles. The first-order chi connectivity index (χ1) is 17.9. The zero-order valence-electron chi connectivity index (χ0n) is 21.2. The molecule has 0 fully saturated rings. The van der Waals surface area contributed by atoms with Crippen molar-refractivity contribution >= 4 is 17.3 Å². The van der Waals surface area contributed by atoms with E-state index in [1.807, 2.05) is 24.3 Å². The third kappa shape index (κ3) is 2.92. The Morgan fingerprint density at radius 2 is 1.46 bits per heavy atom. The smallest absolute Gasteiger partial charge is 0.343 e. The summed E-state index contributed by atoms with van der Waals surface area (Å²) in [6.07, 6.45) is 0. The molecule has 0 radical (unpaired) electrons. The molecule has 4 aromatic carbocycles. The Morgan fingerprint density at radius 3 is 2.24 bits per heavy atom. The van der Waals surface area contributed by atoms with Crippen molar-refractivity contribution in [3.05, 3.63) is 112 Å². The molecule has 3 heterocycles. The minimum atomic E-state index is -0.949. The second-order valence-corrected chi connectivity index (χ2v) is 10.5. The Balaban J connectivity index is 1.52. The lowest BCUT2D eigenvalue weighted by atomic mass is 9.77. The molecule has 0 aliphatic carbocycles. The zero-order valence-corrected chi connectivity index (χ0v) is 21.2. The van der Waals surface area contributed by atoms with Gasteiger partial charge in [-0.2, -0.15) is 4.48 Å². The first kappa shape index (κ1) is 22.1. The van der Waals surface area contributed by atoms with E-state index < -0.39 is 5.41 Å². The van der Waals surface area contributed by atoms with Gasteiger partial charge in [-0.3, -0.25) is 0 Å². The van der Waals surface area contributed by atoms with Gasteiger partial charge < -0.3 is 14.2 Å². The fraction of sp³-hybridized carbons (Fsp3) is 0.219. The van der Waals surface area contributed by atoms with E-state index in [0.29, 0.717) is 23.8 Å². The second kappa shape index (κ2) is 7.70. The minimum Gasteiger partial charge on any atom is -0.491 e. The molecular weight excluding hydrogens is 462 g/mol. The van der Waals surface area contributed by atoms with Crippen molar-refractivity contribution in [3.8, 4) is 17.2 Å². The Kier molecular flexibility index (Phi) is 4.61. The Labute approximate surface area is 216 Å². The second-order valence-electron chi connectivity index (χ2n) is 10.5. The third-order valence-electron chi connectivity index (χ3n) is 8.17. The van der Waals surface area contributed by atoms with E-state index >= 15 is 4.79 Å². The van der Waals surface area contributed by atoms with Gasteiger partial charge in [0.1, 0.15) is 24.6 Å². The number of quaternary nitrogens is 1. The summed E-state index contributed by atoms with van der Waals surface area (Å²) in [6, 6.07) is 27.0. The van der Waals surface area contributed by atoms with Gasteiger partial charge in [0.2, 0.25) is 6.79 Å². The number of para-hydroxylation sites is 1. The molecule has 5 heteroatoms. The largest absolute Gasteiger partial charge is 0.491 e. The van der Waals surface area contributed by atoms with Gasteiger partial charge in [0.15, 0.2) is 22.6 Å². The molecular formula is C32H28NO4+. The molecule has 4 aromatic rings. The average Bonchev–Trinajstić information content (AvgIpc) is 3.56. The molecule has 7 rings (SSSR count). The molecule has 2 atom stereocenters. The van der Waals surface area contributed by atoms with Crippen LogP contribution in [0.15, 0.2) is 78.9 Å². The first-order valence-corrected chi connectivity index (χ1v) is 12.7. The Morgan fingerprint density at radius 1 is 0.730 bits per heavy atom. The number of amides is 1. The fourth-order valence-corrected chi connectivity index (χ4v) is 6.44. The summed E-state index contributed by atoms with van der Waals surface area (Å²) in [7, 11) is 0. The number of aryl methyl sites for hydroxylation is 3. The molecule has 0 N–H and O–H groups in total. The van der Waals surface area contributed by atoms with Crippen LogP contribution in [0.1, 0.15) is 33.4 Å². The highest BCUT2D eigenvalue weighted by Gasteiger charge is 2.67. The number of benzene rings is 4. The summed E-state index contributed by atoms with van der Waals surface area (Å²) in [4.78, 5) is 15.3. The van der Waals surface area contributed by atoms with Crippen LogP contribution in [0, 0.1) is 20.8 Å². The Hall–Kier alpha value is -4.09. The molecule has 1 spiro atoms. The van der Waals surface area contributed by atoms with Gasteiger partial charge in [-0.15, -0.1) is 0 Å². The maximum Gasteiger partial charge on any atom is 0.343 e. The number of fused-ring (bicyclic) bond motifs is 5. The van der Waals surface area contributed by atoms with Gasteiger partial charge >= 0.3 is 5.91 Å². The van der Waals surface area contributed by atoms with Crippen LogP contribution in [-0.4, -0.2) is 19.3 Å². The molecule has 0 saturated carbocycles. The maximum atomic E-state index is 15.3. The van der Waals surface area contributed by atoms with Crippen molar-refractivity contribution in [2.75, 3.05) is 13.4 Å². The van der Waals surface area contributed by atoms with E-state index in [4.69, 9.17) is 14.2 Å². The van der Waals surface area contributed by atoms with Crippen LogP contribution < -0.4 is 18.7 Å². The average molecular weight is 491 g/mol. The predicted octanol–water partition coefficient (Wildman–Crippen LogP) is 6.40. The van der Waals surface area contributed by atoms with Crippen LogP contribution in [0.3, 0.4) is 0 Å². The number of carbonyl (C=O) groups excluding carboxylic acids is 1. The highest BCUT2D eigenvalue weighted by molar-refractivity contribution is 6.12. The quantitative estimate of drug-likeness (QED) is 0.312. The molecule has 0 bridgehead atoms. The molecule has 37 heavy (non-hydrogen) atoms. The summed E-state index contributed by atoms with van der Waals surface area (Å²) >= 11 is 0. The summed E-state index contributed by atoms with van der Waals surface area (Å²) in [5.74, 6) is 2.09. The summed E-state index contributed by atoms with van der Waals surface area (Å²) < 4.78 is 17.7. The number of rotatable bonds is 3. The number of hydrogen-bond donors (Lipinski definition) is 0. The number of hydrogen-bond acceptors (Lipinski definition) is 4. The predicted molar refractivity (Wildman–Crippen MR) is 143 cm³/mol. The molecule has 1 amide bonds. The number of ether oxygens (including phenoxy) is 3. The van der Waals surface area contributed by atoms with E-state index in [1.54, 1.807) is 0 Å². The highest BCUT2D eigenvalue weighted by Crippen LogP contribution is 2.60. The van der Waals surface area contributed by atoms with Crippen LogP contribution in [0.2, 0.25) is 0 Å². The van der Waals surface area contributed by atoms with Crippen molar-refractivity contribution < 1.29 is 19.0 Å². The standard InChI is InChI=1S/C32H28NO4/c1-20-8-11-23(12-9-20)17-33(26-13-10-21(2)14-22(26)3)27-7-5-4-6-24(27)32(31(33)34)18-35-28-16-30-29(15-25(28)32)36-19-37-30/h4-16H,17-19H2,1-3H3/q+1. The van der Waals surface area contributed by atoms with Crippen LogP contribution >= 0.6 is 0 Å². The number of nitrogens with zero attached hydrogens (tertiary/aromatic N) is 1. The Bertz CT molecular complexity index is 1590. The summed E-state index contributed by atoms with van der Waals surface area (Å²) in [5, 5.41) is 0. The molecule has 3 aliphatic rings. The van der Waals surface area contributed by atoms with Gasteiger partial charge in [0, 0.05) is 40.5 Å². The first-order valence-electron chi connectivity index (χ1n) is 12.7. The van der Waals surface area contributed by atoms with Gasteiger partial charge in [0.05, 0.1) is 0 Å². The van der Waals surface area contributed by atoms with E-state index in [0.717, 1.165) is 33.6 Å². The molecule has 0 aromatic heterocycles. The normalized spacial score (nSPS) is 22.7. The van der Waals surface area contributed by atoms with E-state index in [9.17, 15) is 0 Å². The van der Waals surface area contributed by atoms with Crippen molar-refractivity contribution in [2.24, 2.45) is 0 Å². The minimum absolute atomic E-state index is 0.0962. The lowest BCUT2D eigenvalue weighted by Gasteiger charge is -2.34. The van der Waals surface area contributed by atoms with Gasteiger partial charge in [-0.25, -0.2) is 4.79 Å². The van der Waals surface area contributed by atoms with Crippen LogP contribution in [0.4, 0.5) is 11.4 Å². The molecule has 2 unspecified atom stereocenters. The monoisotopic (exact) mass is 490 g/mol. The van der Waals surface area contributed by atoms with Crippen LogP contribution in [0.25, 0.3) is 0 Å². The fourth-order valence-electron chi connectivity index (χ4n) is 6.44.